The molecule has 0 aliphatic rings. The zero-order chi connectivity index (χ0) is 6.57. The molecule has 0 heterocycles. The lowest BCUT2D eigenvalue weighted by Gasteiger charge is -2.13. The van der Waals surface area contributed by atoms with Crippen molar-refractivity contribution in [3.05, 3.63) is 0 Å². The van der Waals surface area contributed by atoms with Gasteiger partial charge in [0, 0.05) is 7.11 Å². The first-order chi connectivity index (χ1) is 3.72. The van der Waals surface area contributed by atoms with Crippen molar-refractivity contribution in [2.45, 2.75) is 12.3 Å². The van der Waals surface area contributed by atoms with E-state index in [0.717, 1.165) is 0 Å². The fourth-order valence-electron chi connectivity index (χ4n) is 0.265. The first-order valence-electron chi connectivity index (χ1n) is 2.29. The van der Waals surface area contributed by atoms with E-state index in [-0.39, 0.29) is 6.61 Å². The van der Waals surface area contributed by atoms with E-state index in [2.05, 4.69) is 4.74 Å². The summed E-state index contributed by atoms with van der Waals surface area (Å²) in [6.45, 7) is -0.269. The highest BCUT2D eigenvalue weighted by Crippen LogP contribution is 1.87. The van der Waals surface area contributed by atoms with E-state index in [1.807, 2.05) is 0 Å². The Labute approximate surface area is 47.9 Å². The normalized spacial score (nSPS) is 18.0. The molecule has 4 heteroatoms. The van der Waals surface area contributed by atoms with E-state index in [1.165, 1.54) is 7.11 Å². The van der Waals surface area contributed by atoms with Gasteiger partial charge in [-0.15, -0.1) is 0 Å². The van der Waals surface area contributed by atoms with Crippen LogP contribution in [0.15, 0.2) is 0 Å². The largest absolute Gasteiger partial charge is 0.395 e. The molecule has 4 nitrogen and oxygen atoms in total. The number of hydrogen-bond donors (Lipinski definition) is 3. The van der Waals surface area contributed by atoms with E-state index < -0.39 is 12.3 Å². The minimum absolute atomic E-state index is 0.269. The molecule has 0 spiro atoms. The summed E-state index contributed by atoms with van der Waals surface area (Å²) in [6.07, 6.45) is -1.06. The number of nitrogens with two attached hydrogens (primary N) is 1. The number of ether oxygens (including phenoxy) is 1. The van der Waals surface area contributed by atoms with Crippen LogP contribution in [0.5, 0.6) is 0 Å². The van der Waals surface area contributed by atoms with Crippen LogP contribution >= 0.6 is 0 Å². The second kappa shape index (κ2) is 3.80. The number of hydrogen-bond acceptors (Lipinski definition) is 4. The highest BCUT2D eigenvalue weighted by molar-refractivity contribution is 4.59. The third kappa shape index (κ3) is 2.23. The highest BCUT2D eigenvalue weighted by atomic mass is 16.6. The van der Waals surface area contributed by atoms with E-state index in [1.54, 1.807) is 0 Å². The second-order valence-electron chi connectivity index (χ2n) is 1.47. The maximum Gasteiger partial charge on any atom is 0.171 e. The van der Waals surface area contributed by atoms with E-state index in [9.17, 15) is 0 Å². The van der Waals surface area contributed by atoms with Crippen LogP contribution < -0.4 is 5.73 Å². The molecule has 8 heavy (non-hydrogen) atoms. The molecule has 0 saturated heterocycles. The monoisotopic (exact) mass is 121 g/mol. The molecule has 0 saturated carbocycles. The Balaban J connectivity index is 3.29. The van der Waals surface area contributed by atoms with Crippen LogP contribution in [-0.2, 0) is 4.74 Å². The minimum Gasteiger partial charge on any atom is -0.395 e. The molecule has 0 amide bonds. The van der Waals surface area contributed by atoms with Gasteiger partial charge >= 0.3 is 0 Å². The van der Waals surface area contributed by atoms with Gasteiger partial charge in [0.05, 0.1) is 12.6 Å². The average Bonchev–Trinajstić information content (AvgIpc) is 1.84. The molecule has 0 aliphatic carbocycles. The van der Waals surface area contributed by atoms with Crippen LogP contribution in [-0.4, -0.2) is 36.3 Å². The average molecular weight is 121 g/mol. The van der Waals surface area contributed by atoms with Crippen molar-refractivity contribution < 1.29 is 14.9 Å². The van der Waals surface area contributed by atoms with Crippen LogP contribution in [0, 0.1) is 0 Å². The Morgan fingerprint density at radius 2 is 2.25 bits per heavy atom. The SMILES string of the molecule is CO[C@H](O)[C@@H](N)CO. The number of rotatable bonds is 3. The molecule has 0 unspecified atom stereocenters. The third-order valence-electron chi connectivity index (χ3n) is 0.819. The van der Waals surface area contributed by atoms with Crippen LogP contribution in [0.1, 0.15) is 0 Å². The summed E-state index contributed by atoms with van der Waals surface area (Å²) in [5, 5.41) is 16.9. The number of aliphatic hydroxyl groups excluding tert-OH is 2. The van der Waals surface area contributed by atoms with Gasteiger partial charge in [-0.2, -0.15) is 0 Å². The standard InChI is InChI=1S/C4H11NO3/c1-8-4(7)3(5)2-6/h3-4,6-7H,2,5H2,1H3/t3-,4-/m0/s1. The zero-order valence-electron chi connectivity index (χ0n) is 4.74. The lowest BCUT2D eigenvalue weighted by atomic mass is 10.3. The van der Waals surface area contributed by atoms with E-state index >= 15 is 0 Å². The van der Waals surface area contributed by atoms with Gasteiger partial charge in [0.1, 0.15) is 0 Å². The maximum absolute atomic E-state index is 8.62. The molecule has 4 N–H and O–H groups in total. The molecule has 0 radical (unpaired) electrons. The fourth-order valence-corrected chi connectivity index (χ4v) is 0.265. The molecule has 2 atom stereocenters. The summed E-state index contributed by atoms with van der Waals surface area (Å²) in [6, 6.07) is -0.694. The molecule has 0 rings (SSSR count). The van der Waals surface area contributed by atoms with Crippen LogP contribution in [0.3, 0.4) is 0 Å². The number of aliphatic hydroxyl groups is 2. The van der Waals surface area contributed by atoms with Crippen molar-refractivity contribution in [2.24, 2.45) is 5.73 Å². The summed E-state index contributed by atoms with van der Waals surface area (Å²) >= 11 is 0. The zero-order valence-corrected chi connectivity index (χ0v) is 4.74. The van der Waals surface area contributed by atoms with Crippen molar-refractivity contribution in [3.63, 3.8) is 0 Å². The molecule has 0 aromatic rings. The van der Waals surface area contributed by atoms with Gasteiger partial charge in [0.2, 0.25) is 0 Å². The predicted molar refractivity (Wildman–Crippen MR) is 28.1 cm³/mol. The molecular formula is C4H11NO3. The number of methoxy groups -OCH3 is 1. The van der Waals surface area contributed by atoms with Gasteiger partial charge in [-0.3, -0.25) is 0 Å². The highest BCUT2D eigenvalue weighted by Gasteiger charge is 2.10. The summed E-state index contributed by atoms with van der Waals surface area (Å²) < 4.78 is 4.37. The van der Waals surface area contributed by atoms with Crippen molar-refractivity contribution in [1.29, 1.82) is 0 Å². The Morgan fingerprint density at radius 3 is 2.38 bits per heavy atom. The van der Waals surface area contributed by atoms with Gasteiger partial charge in [-0.1, -0.05) is 0 Å². The Morgan fingerprint density at radius 1 is 1.75 bits per heavy atom. The van der Waals surface area contributed by atoms with Crippen molar-refractivity contribution in [1.82, 2.24) is 0 Å². The summed E-state index contributed by atoms with van der Waals surface area (Å²) in [5.74, 6) is 0. The molecule has 0 aliphatic heterocycles. The van der Waals surface area contributed by atoms with Crippen LogP contribution in [0.4, 0.5) is 0 Å². The Bertz CT molecular complexity index is 51.2. The Kier molecular flexibility index (Phi) is 3.72. The van der Waals surface area contributed by atoms with Crippen LogP contribution in [0.25, 0.3) is 0 Å². The summed E-state index contributed by atoms with van der Waals surface area (Å²) in [7, 11) is 1.32. The van der Waals surface area contributed by atoms with E-state index in [0.29, 0.717) is 0 Å². The lowest BCUT2D eigenvalue weighted by molar-refractivity contribution is -0.0972. The molecule has 50 valence electrons. The van der Waals surface area contributed by atoms with Gasteiger partial charge in [0.15, 0.2) is 6.29 Å². The van der Waals surface area contributed by atoms with Gasteiger partial charge < -0.3 is 20.7 Å². The third-order valence-corrected chi connectivity index (χ3v) is 0.819. The first-order valence-corrected chi connectivity index (χ1v) is 2.29. The molecule has 0 aromatic carbocycles. The van der Waals surface area contributed by atoms with Crippen molar-refractivity contribution >= 4 is 0 Å². The van der Waals surface area contributed by atoms with Crippen LogP contribution in [0.2, 0.25) is 0 Å². The Hall–Kier alpha value is -0.160. The molecule has 0 bridgehead atoms. The van der Waals surface area contributed by atoms with Gasteiger partial charge in [-0.25, -0.2) is 0 Å². The lowest BCUT2D eigenvalue weighted by Crippen LogP contribution is -2.38. The summed E-state index contributed by atoms with van der Waals surface area (Å²) in [4.78, 5) is 0. The van der Waals surface area contributed by atoms with Crippen molar-refractivity contribution in [3.8, 4) is 0 Å². The summed E-state index contributed by atoms with van der Waals surface area (Å²) in [5.41, 5.74) is 5.10. The molecule has 0 aromatic heterocycles. The van der Waals surface area contributed by atoms with Crippen molar-refractivity contribution in [2.75, 3.05) is 13.7 Å². The predicted octanol–water partition coefficient (Wildman–Crippen LogP) is -1.73. The quantitative estimate of drug-likeness (QED) is 0.388. The van der Waals surface area contributed by atoms with Gasteiger partial charge in [0.25, 0.3) is 0 Å². The first kappa shape index (κ1) is 7.84. The van der Waals surface area contributed by atoms with Gasteiger partial charge in [-0.05, 0) is 0 Å². The second-order valence-corrected chi connectivity index (χ2v) is 1.47. The minimum atomic E-state index is -1.06. The smallest absolute Gasteiger partial charge is 0.171 e. The maximum atomic E-state index is 8.62. The topological polar surface area (TPSA) is 75.7 Å². The molecular weight excluding hydrogens is 110 g/mol. The van der Waals surface area contributed by atoms with E-state index in [4.69, 9.17) is 15.9 Å². The fraction of sp³-hybridized carbons (Fsp3) is 1.00. The molecule has 0 fully saturated rings.